The van der Waals surface area contributed by atoms with Crippen molar-refractivity contribution < 1.29 is 19.8 Å². The van der Waals surface area contributed by atoms with E-state index < -0.39 is 6.09 Å². The fourth-order valence-electron chi connectivity index (χ4n) is 1.34. The lowest BCUT2D eigenvalue weighted by atomic mass is 10.3. The monoisotopic (exact) mass is 328 g/mol. The van der Waals surface area contributed by atoms with Crippen LogP contribution in [0.5, 0.6) is 0 Å². The number of carboxylic acid groups (broad SMARTS) is 1. The smallest absolute Gasteiger partial charge is 0.424 e. The van der Waals surface area contributed by atoms with Crippen molar-refractivity contribution in [3.63, 3.8) is 0 Å². The molecule has 0 spiro atoms. The van der Waals surface area contributed by atoms with Crippen LogP contribution in [0.1, 0.15) is 0 Å². The Bertz CT molecular complexity index is 596. The summed E-state index contributed by atoms with van der Waals surface area (Å²) in [4.78, 5) is 20.2. The van der Waals surface area contributed by atoms with Gasteiger partial charge >= 0.3 is 6.09 Å². The van der Waals surface area contributed by atoms with Gasteiger partial charge in [0, 0.05) is 0 Å². The Hall–Kier alpha value is -3.09. The number of carbonyl (C=O) groups is 1. The second-order valence-corrected chi connectivity index (χ2v) is 4.23. The van der Waals surface area contributed by atoms with Gasteiger partial charge in [-0.05, 0) is 6.08 Å². The Morgan fingerprint density at radius 3 is 1.75 bits per heavy atom. The molecule has 0 atom stereocenters. The lowest BCUT2D eigenvalue weighted by molar-refractivity contribution is -0.328. The third-order valence-electron chi connectivity index (χ3n) is 2.43. The normalized spacial score (nSPS) is 27.4. The molecule has 0 saturated heterocycles. The molecule has 126 valence electrons. The summed E-state index contributed by atoms with van der Waals surface area (Å²) in [7, 11) is 0. The summed E-state index contributed by atoms with van der Waals surface area (Å²) in [6, 6.07) is 0. The molecule has 1 amide bonds. The number of hydrazine groups is 1. The first-order valence-electron chi connectivity index (χ1n) is 7.21. The molecule has 1 heterocycles. The summed E-state index contributed by atoms with van der Waals surface area (Å²) in [6.07, 6.45) is 27.4. The number of allylic oxidation sites excluding steroid dienone is 14. The Morgan fingerprint density at radius 1 is 0.792 bits per heavy atom. The molecule has 6 nitrogen and oxygen atoms in total. The molecule has 0 aliphatic carbocycles. The van der Waals surface area contributed by atoms with Gasteiger partial charge < -0.3 is 9.99 Å². The minimum Gasteiger partial charge on any atom is -0.464 e. The number of amides is 1. The van der Waals surface area contributed by atoms with Crippen LogP contribution in [0.3, 0.4) is 0 Å². The number of rotatable bonds is 0. The SMILES string of the molecule is O=C(O)N1C\C=C/C=C\C=C/C=C\C=C/C=C\C=C/C=C\OON1. The molecule has 1 aliphatic rings. The Morgan fingerprint density at radius 2 is 1.25 bits per heavy atom. The van der Waals surface area contributed by atoms with Gasteiger partial charge in [0.1, 0.15) is 6.26 Å². The van der Waals surface area contributed by atoms with Crippen molar-refractivity contribution >= 4 is 6.09 Å². The predicted molar refractivity (Wildman–Crippen MR) is 93.2 cm³/mol. The van der Waals surface area contributed by atoms with E-state index in [1.54, 1.807) is 30.4 Å². The molecule has 1 aliphatic heterocycles. The van der Waals surface area contributed by atoms with E-state index in [9.17, 15) is 4.79 Å². The topological polar surface area (TPSA) is 71.0 Å². The van der Waals surface area contributed by atoms with Crippen LogP contribution in [0, 0.1) is 0 Å². The Balaban J connectivity index is 2.67. The van der Waals surface area contributed by atoms with Crippen molar-refractivity contribution in [1.82, 2.24) is 10.6 Å². The van der Waals surface area contributed by atoms with Gasteiger partial charge in [-0.15, -0.1) is 0 Å². The molecular weight excluding hydrogens is 308 g/mol. The van der Waals surface area contributed by atoms with Crippen molar-refractivity contribution in [2.45, 2.75) is 0 Å². The van der Waals surface area contributed by atoms with Gasteiger partial charge in [0.15, 0.2) is 0 Å². The molecule has 0 unspecified atom stereocenters. The van der Waals surface area contributed by atoms with Crippen molar-refractivity contribution in [3.05, 3.63) is 97.4 Å². The highest BCUT2D eigenvalue weighted by Gasteiger charge is 2.09. The predicted octanol–water partition coefficient (Wildman–Crippen LogP) is 3.75. The van der Waals surface area contributed by atoms with Gasteiger partial charge in [0.2, 0.25) is 0 Å². The first-order chi connectivity index (χ1) is 11.8. The molecule has 0 aromatic rings. The number of hydrogen-bond acceptors (Lipinski definition) is 4. The third kappa shape index (κ3) is 10.6. The molecule has 1 rings (SSSR count). The molecule has 0 aromatic carbocycles. The second-order valence-electron chi connectivity index (χ2n) is 4.23. The first-order valence-corrected chi connectivity index (χ1v) is 7.21. The Kier molecular flexibility index (Phi) is 10.7. The third-order valence-corrected chi connectivity index (χ3v) is 2.43. The maximum absolute atomic E-state index is 11.0. The summed E-state index contributed by atoms with van der Waals surface area (Å²) in [5.74, 6) is 0. The van der Waals surface area contributed by atoms with E-state index in [4.69, 9.17) is 5.11 Å². The van der Waals surface area contributed by atoms with E-state index in [0.717, 1.165) is 5.01 Å². The Labute approximate surface area is 141 Å². The van der Waals surface area contributed by atoms with E-state index in [1.165, 1.54) is 6.26 Å². The molecule has 24 heavy (non-hydrogen) atoms. The molecular formula is C18H20N2O4. The maximum Gasteiger partial charge on any atom is 0.424 e. The van der Waals surface area contributed by atoms with E-state index in [-0.39, 0.29) is 6.54 Å². The molecule has 0 bridgehead atoms. The van der Waals surface area contributed by atoms with Crippen LogP contribution in [-0.4, -0.2) is 22.8 Å². The fraction of sp³-hybridized carbons (Fsp3) is 0.0556. The molecule has 2 N–H and O–H groups in total. The maximum atomic E-state index is 11.0. The van der Waals surface area contributed by atoms with Gasteiger partial charge in [0.05, 0.1) is 6.54 Å². The van der Waals surface area contributed by atoms with Crippen LogP contribution in [0.25, 0.3) is 0 Å². The highest BCUT2D eigenvalue weighted by atomic mass is 17.3. The van der Waals surface area contributed by atoms with Crippen molar-refractivity contribution in [3.8, 4) is 0 Å². The largest absolute Gasteiger partial charge is 0.464 e. The van der Waals surface area contributed by atoms with Crippen LogP contribution >= 0.6 is 0 Å². The summed E-state index contributed by atoms with van der Waals surface area (Å²) < 4.78 is 0. The molecule has 0 radical (unpaired) electrons. The summed E-state index contributed by atoms with van der Waals surface area (Å²) in [6.45, 7) is 0.0891. The van der Waals surface area contributed by atoms with Gasteiger partial charge in [0.25, 0.3) is 0 Å². The molecule has 0 aromatic heterocycles. The van der Waals surface area contributed by atoms with Crippen LogP contribution < -0.4 is 5.59 Å². The average molecular weight is 328 g/mol. The standard InChI is InChI=1S/C18H20N2O4/c21-18(22)20-16-14-12-10-8-6-4-2-1-3-5-7-9-11-13-15-17-23-24-19-20/h1-15,17,19H,16H2,(H,21,22)/b2-1-,5-3-,6-4-,9-7-,10-8-,13-11-,14-12-,17-15-. The minimum absolute atomic E-state index is 0.0891. The lowest BCUT2D eigenvalue weighted by Crippen LogP contribution is -2.41. The molecule has 0 saturated carbocycles. The van der Waals surface area contributed by atoms with Gasteiger partial charge in [-0.2, -0.15) is 0 Å². The highest BCUT2D eigenvalue weighted by Crippen LogP contribution is 1.90. The number of hydrogen-bond donors (Lipinski definition) is 2. The van der Waals surface area contributed by atoms with E-state index in [1.807, 2.05) is 60.8 Å². The zero-order valence-electron chi connectivity index (χ0n) is 13.1. The van der Waals surface area contributed by atoms with Crippen molar-refractivity contribution in [2.75, 3.05) is 6.54 Å². The van der Waals surface area contributed by atoms with Gasteiger partial charge in [-0.1, -0.05) is 95.6 Å². The van der Waals surface area contributed by atoms with Gasteiger partial charge in [-0.25, -0.2) is 9.80 Å². The minimum atomic E-state index is -1.20. The van der Waals surface area contributed by atoms with E-state index >= 15 is 0 Å². The second kappa shape index (κ2) is 13.6. The summed E-state index contributed by atoms with van der Waals surface area (Å²) >= 11 is 0. The molecule has 6 heteroatoms. The quantitative estimate of drug-likeness (QED) is 0.663. The fourth-order valence-corrected chi connectivity index (χ4v) is 1.34. The van der Waals surface area contributed by atoms with Crippen molar-refractivity contribution in [2.24, 2.45) is 0 Å². The number of nitrogens with one attached hydrogen (secondary N) is 1. The summed E-state index contributed by atoms with van der Waals surface area (Å²) in [5, 5.41) is 9.82. The zero-order valence-corrected chi connectivity index (χ0v) is 13.1. The molecule has 0 fully saturated rings. The lowest BCUT2D eigenvalue weighted by Gasteiger charge is -2.15. The van der Waals surface area contributed by atoms with Crippen LogP contribution in [-0.2, 0) is 9.88 Å². The van der Waals surface area contributed by atoms with Crippen LogP contribution in [0.15, 0.2) is 97.4 Å². The van der Waals surface area contributed by atoms with E-state index in [0.29, 0.717) is 0 Å². The van der Waals surface area contributed by atoms with Crippen LogP contribution in [0.2, 0.25) is 0 Å². The highest BCUT2D eigenvalue weighted by molar-refractivity contribution is 5.64. The van der Waals surface area contributed by atoms with Gasteiger partial charge in [-0.3, -0.25) is 0 Å². The van der Waals surface area contributed by atoms with Crippen LogP contribution in [0.4, 0.5) is 4.79 Å². The van der Waals surface area contributed by atoms with E-state index in [2.05, 4.69) is 15.5 Å². The number of nitrogens with zero attached hydrogens (tertiary/aromatic N) is 1. The average Bonchev–Trinajstić information content (AvgIpc) is 2.57. The van der Waals surface area contributed by atoms with Crippen molar-refractivity contribution in [1.29, 1.82) is 0 Å². The summed E-state index contributed by atoms with van der Waals surface area (Å²) in [5.41, 5.74) is 2.16. The first kappa shape index (κ1) is 19.0. The zero-order chi connectivity index (χ0) is 17.3.